The zero-order valence-electron chi connectivity index (χ0n) is 15.9. The van der Waals surface area contributed by atoms with Crippen molar-refractivity contribution in [2.75, 3.05) is 13.1 Å². The number of phenolic OH excluding ortho intramolecular Hbond substituents is 1. The molecule has 0 unspecified atom stereocenters. The summed E-state index contributed by atoms with van der Waals surface area (Å²) in [5, 5.41) is 9.60. The van der Waals surface area contributed by atoms with Crippen LogP contribution in [0, 0.1) is 11.8 Å². The number of ketones is 1. The number of hydrogen-bond acceptors (Lipinski definition) is 4. The number of Topliss-reactive ketones (excluding diaryl/α,β-unsaturated/α-hetero) is 1. The highest BCUT2D eigenvalue weighted by Crippen LogP contribution is 2.24. The number of likely N-dealkylation sites (tertiary alicyclic amines) is 1. The van der Waals surface area contributed by atoms with E-state index in [1.807, 2.05) is 19.9 Å². The molecular weight excluding hydrogens is 340 g/mol. The van der Waals surface area contributed by atoms with Crippen molar-refractivity contribution in [1.82, 2.24) is 9.88 Å². The van der Waals surface area contributed by atoms with Crippen molar-refractivity contribution in [2.24, 2.45) is 11.8 Å². The second-order valence-electron chi connectivity index (χ2n) is 7.64. The molecule has 3 rings (SSSR count). The Morgan fingerprint density at radius 1 is 1.26 bits per heavy atom. The van der Waals surface area contributed by atoms with Crippen LogP contribution in [0.3, 0.4) is 0 Å². The van der Waals surface area contributed by atoms with Gasteiger partial charge in [0.2, 0.25) is 0 Å². The maximum atomic E-state index is 12.8. The number of benzene rings is 1. The first kappa shape index (κ1) is 19.1. The third-order valence-corrected chi connectivity index (χ3v) is 4.93. The second kappa shape index (κ2) is 8.33. The van der Waals surface area contributed by atoms with Crippen LogP contribution in [-0.4, -0.2) is 39.8 Å². The van der Waals surface area contributed by atoms with E-state index >= 15 is 0 Å². The van der Waals surface area contributed by atoms with Crippen LogP contribution in [-0.2, 0) is 4.79 Å². The molecule has 1 amide bonds. The van der Waals surface area contributed by atoms with Crippen molar-refractivity contribution in [3.05, 3.63) is 48.2 Å². The first-order valence-electron chi connectivity index (χ1n) is 9.51. The van der Waals surface area contributed by atoms with E-state index in [0.29, 0.717) is 36.7 Å². The van der Waals surface area contributed by atoms with E-state index in [0.717, 1.165) is 18.4 Å². The SMILES string of the molecule is CC(C)CC(=O)[C@H]1CCCN(C(=O)c2ccc(-c3cccc(O)c3)nc2)C1. The van der Waals surface area contributed by atoms with Crippen molar-refractivity contribution in [2.45, 2.75) is 33.1 Å². The lowest BCUT2D eigenvalue weighted by molar-refractivity contribution is -0.124. The highest BCUT2D eigenvalue weighted by molar-refractivity contribution is 5.94. The average molecular weight is 366 g/mol. The minimum Gasteiger partial charge on any atom is -0.508 e. The molecule has 1 aliphatic rings. The van der Waals surface area contributed by atoms with Gasteiger partial charge in [0.05, 0.1) is 11.3 Å². The van der Waals surface area contributed by atoms with Crippen molar-refractivity contribution in [3.8, 4) is 17.0 Å². The number of carbonyl (C=O) groups is 2. The summed E-state index contributed by atoms with van der Waals surface area (Å²) in [4.78, 5) is 31.3. The van der Waals surface area contributed by atoms with Gasteiger partial charge in [0.15, 0.2) is 0 Å². The summed E-state index contributed by atoms with van der Waals surface area (Å²) < 4.78 is 0. The number of hydrogen-bond donors (Lipinski definition) is 1. The van der Waals surface area contributed by atoms with Crippen LogP contribution < -0.4 is 0 Å². The Hall–Kier alpha value is -2.69. The van der Waals surface area contributed by atoms with Crippen molar-refractivity contribution in [3.63, 3.8) is 0 Å². The summed E-state index contributed by atoms with van der Waals surface area (Å²) in [6.45, 7) is 5.27. The Bertz CT molecular complexity index is 815. The summed E-state index contributed by atoms with van der Waals surface area (Å²) in [5.41, 5.74) is 2.02. The average Bonchev–Trinajstić information content (AvgIpc) is 2.67. The Balaban J connectivity index is 1.69. The molecule has 27 heavy (non-hydrogen) atoms. The molecule has 0 spiro atoms. The molecule has 0 saturated carbocycles. The van der Waals surface area contributed by atoms with Gasteiger partial charge in [-0.3, -0.25) is 14.6 Å². The van der Waals surface area contributed by atoms with Gasteiger partial charge >= 0.3 is 0 Å². The fourth-order valence-corrected chi connectivity index (χ4v) is 3.53. The topological polar surface area (TPSA) is 70.5 Å². The molecule has 0 aliphatic carbocycles. The number of pyridine rings is 1. The van der Waals surface area contributed by atoms with Crippen LogP contribution in [0.15, 0.2) is 42.6 Å². The summed E-state index contributed by atoms with van der Waals surface area (Å²) in [6.07, 6.45) is 3.87. The quantitative estimate of drug-likeness (QED) is 0.871. The van der Waals surface area contributed by atoms with Gasteiger partial charge in [0, 0.05) is 37.2 Å². The molecule has 1 atom stereocenters. The third kappa shape index (κ3) is 4.73. The summed E-state index contributed by atoms with van der Waals surface area (Å²) in [7, 11) is 0. The predicted molar refractivity (Wildman–Crippen MR) is 104 cm³/mol. The lowest BCUT2D eigenvalue weighted by atomic mass is 9.89. The van der Waals surface area contributed by atoms with E-state index < -0.39 is 0 Å². The molecular formula is C22H26N2O3. The fourth-order valence-electron chi connectivity index (χ4n) is 3.53. The number of aromatic hydroxyl groups is 1. The van der Waals surface area contributed by atoms with Crippen LogP contribution in [0.25, 0.3) is 11.3 Å². The number of phenols is 1. The number of aromatic nitrogens is 1. The van der Waals surface area contributed by atoms with Gasteiger partial charge in [-0.15, -0.1) is 0 Å². The van der Waals surface area contributed by atoms with Crippen molar-refractivity contribution >= 4 is 11.7 Å². The summed E-state index contributed by atoms with van der Waals surface area (Å²) in [5.74, 6) is 0.661. The lowest BCUT2D eigenvalue weighted by Gasteiger charge is -2.32. The summed E-state index contributed by atoms with van der Waals surface area (Å²) >= 11 is 0. The van der Waals surface area contributed by atoms with Crippen LogP contribution in [0.1, 0.15) is 43.5 Å². The van der Waals surface area contributed by atoms with E-state index in [4.69, 9.17) is 0 Å². The molecule has 1 aromatic heterocycles. The highest BCUT2D eigenvalue weighted by Gasteiger charge is 2.29. The molecule has 1 fully saturated rings. The molecule has 5 nitrogen and oxygen atoms in total. The Kier molecular flexibility index (Phi) is 5.89. The van der Waals surface area contributed by atoms with Crippen molar-refractivity contribution < 1.29 is 14.7 Å². The normalized spacial score (nSPS) is 17.1. The van der Waals surface area contributed by atoms with E-state index in [2.05, 4.69) is 4.98 Å². The van der Waals surface area contributed by atoms with E-state index in [9.17, 15) is 14.7 Å². The maximum absolute atomic E-state index is 12.8. The highest BCUT2D eigenvalue weighted by atomic mass is 16.3. The minimum atomic E-state index is -0.0768. The molecule has 1 aliphatic heterocycles. The van der Waals surface area contributed by atoms with Crippen LogP contribution in [0.2, 0.25) is 0 Å². The fraction of sp³-hybridized carbons (Fsp3) is 0.409. The second-order valence-corrected chi connectivity index (χ2v) is 7.64. The number of piperidine rings is 1. The van der Waals surface area contributed by atoms with Gasteiger partial charge in [-0.05, 0) is 43.0 Å². The van der Waals surface area contributed by atoms with Crippen molar-refractivity contribution in [1.29, 1.82) is 0 Å². The first-order valence-corrected chi connectivity index (χ1v) is 9.51. The molecule has 2 aromatic rings. The number of rotatable bonds is 5. The standard InChI is InChI=1S/C22H26N2O3/c1-15(2)11-21(26)18-6-4-10-24(14-18)22(27)17-8-9-20(23-13-17)16-5-3-7-19(25)12-16/h3,5,7-9,12-13,15,18,25H,4,6,10-11,14H2,1-2H3/t18-/m0/s1. The van der Waals surface area contributed by atoms with E-state index in [-0.39, 0.29) is 23.4 Å². The Labute approximate surface area is 160 Å². The molecule has 0 radical (unpaired) electrons. The molecule has 2 heterocycles. The molecule has 1 aromatic carbocycles. The zero-order valence-corrected chi connectivity index (χ0v) is 15.9. The molecule has 142 valence electrons. The third-order valence-electron chi connectivity index (χ3n) is 4.93. The number of nitrogens with zero attached hydrogens (tertiary/aromatic N) is 2. The van der Waals surface area contributed by atoms with E-state index in [1.165, 1.54) is 0 Å². The summed E-state index contributed by atoms with van der Waals surface area (Å²) in [6, 6.07) is 10.4. The first-order chi connectivity index (χ1) is 12.9. The van der Waals surface area contributed by atoms with Gasteiger partial charge in [-0.1, -0.05) is 26.0 Å². The van der Waals surface area contributed by atoms with Gasteiger partial charge in [0.25, 0.3) is 5.91 Å². The van der Waals surface area contributed by atoms with Gasteiger partial charge < -0.3 is 10.0 Å². The predicted octanol–water partition coefficient (Wildman–Crippen LogP) is 3.92. The van der Waals surface area contributed by atoms with E-state index in [1.54, 1.807) is 41.4 Å². The Morgan fingerprint density at radius 3 is 2.74 bits per heavy atom. The maximum Gasteiger partial charge on any atom is 0.255 e. The molecule has 5 heteroatoms. The largest absolute Gasteiger partial charge is 0.508 e. The lowest BCUT2D eigenvalue weighted by Crippen LogP contribution is -2.42. The van der Waals surface area contributed by atoms with Crippen LogP contribution in [0.5, 0.6) is 5.75 Å². The van der Waals surface area contributed by atoms with Gasteiger partial charge in [0.1, 0.15) is 11.5 Å². The van der Waals surface area contributed by atoms with Gasteiger partial charge in [-0.25, -0.2) is 0 Å². The zero-order chi connectivity index (χ0) is 19.4. The smallest absolute Gasteiger partial charge is 0.255 e. The molecule has 1 saturated heterocycles. The Morgan fingerprint density at radius 2 is 2.07 bits per heavy atom. The monoisotopic (exact) mass is 366 g/mol. The number of carbonyl (C=O) groups excluding carboxylic acids is 2. The van der Waals surface area contributed by atoms with Crippen LogP contribution >= 0.6 is 0 Å². The molecule has 1 N–H and O–H groups in total. The van der Waals surface area contributed by atoms with Gasteiger partial charge in [-0.2, -0.15) is 0 Å². The number of amides is 1. The molecule has 0 bridgehead atoms. The van der Waals surface area contributed by atoms with Crippen LogP contribution in [0.4, 0.5) is 0 Å². The minimum absolute atomic E-state index is 0.0513.